The Labute approximate surface area is 94.8 Å². The third kappa shape index (κ3) is 2.16. The van der Waals surface area contributed by atoms with Gasteiger partial charge < -0.3 is 20.7 Å². The number of nitrogens with one attached hydrogen (secondary N) is 1. The Hall–Kier alpha value is -1.56. The lowest BCUT2D eigenvalue weighted by atomic mass is 10.2. The summed E-state index contributed by atoms with van der Waals surface area (Å²) in [5.74, 6) is 1.57. The van der Waals surface area contributed by atoms with Crippen LogP contribution in [0.2, 0.25) is 0 Å². The van der Waals surface area contributed by atoms with E-state index in [1.807, 2.05) is 0 Å². The number of aromatic nitrogens is 2. The molecule has 1 atom stereocenters. The number of rotatable bonds is 3. The maximum Gasteiger partial charge on any atom is 0.203 e. The molecule has 0 aromatic carbocycles. The van der Waals surface area contributed by atoms with Crippen molar-refractivity contribution in [3.05, 3.63) is 6.33 Å². The molecule has 16 heavy (non-hydrogen) atoms. The zero-order valence-corrected chi connectivity index (χ0v) is 9.60. The largest absolute Gasteiger partial charge is 0.490 e. The summed E-state index contributed by atoms with van der Waals surface area (Å²) < 4.78 is 5.19. The van der Waals surface area contributed by atoms with Crippen LogP contribution in [0.25, 0.3) is 0 Å². The standard InChI is InChI=1S/C10H17N5O/c1-15-4-3-7(5-15)14-10-8(16-2)9(11)12-6-13-10/h6-7H,3-5H2,1-2H3,(H3,11,12,13,14). The van der Waals surface area contributed by atoms with Crippen molar-refractivity contribution in [2.75, 3.05) is 38.3 Å². The van der Waals surface area contributed by atoms with Gasteiger partial charge >= 0.3 is 0 Å². The highest BCUT2D eigenvalue weighted by atomic mass is 16.5. The first-order valence-corrected chi connectivity index (χ1v) is 5.30. The van der Waals surface area contributed by atoms with E-state index in [0.717, 1.165) is 19.5 Å². The Morgan fingerprint density at radius 1 is 1.56 bits per heavy atom. The van der Waals surface area contributed by atoms with Crippen molar-refractivity contribution in [1.29, 1.82) is 0 Å². The van der Waals surface area contributed by atoms with Gasteiger partial charge in [0.05, 0.1) is 7.11 Å². The van der Waals surface area contributed by atoms with Crippen LogP contribution in [-0.4, -0.2) is 48.2 Å². The summed E-state index contributed by atoms with van der Waals surface area (Å²) in [4.78, 5) is 10.3. The molecule has 1 aliphatic heterocycles. The topological polar surface area (TPSA) is 76.3 Å². The van der Waals surface area contributed by atoms with Crippen LogP contribution in [0.5, 0.6) is 5.75 Å². The molecule has 3 N–H and O–H groups in total. The molecule has 0 radical (unpaired) electrons. The quantitative estimate of drug-likeness (QED) is 0.761. The Balaban J connectivity index is 2.12. The molecule has 1 aromatic rings. The number of hydrogen-bond donors (Lipinski definition) is 2. The van der Waals surface area contributed by atoms with Gasteiger partial charge in [0.1, 0.15) is 6.33 Å². The van der Waals surface area contributed by atoms with Crippen LogP contribution >= 0.6 is 0 Å². The van der Waals surface area contributed by atoms with Crippen molar-refractivity contribution in [2.45, 2.75) is 12.5 Å². The van der Waals surface area contributed by atoms with Crippen molar-refractivity contribution in [3.63, 3.8) is 0 Å². The first-order valence-electron chi connectivity index (χ1n) is 5.30. The van der Waals surface area contributed by atoms with Gasteiger partial charge in [-0.3, -0.25) is 0 Å². The number of likely N-dealkylation sites (tertiary alicyclic amines) is 1. The van der Waals surface area contributed by atoms with Gasteiger partial charge in [-0.2, -0.15) is 0 Å². The van der Waals surface area contributed by atoms with Crippen molar-refractivity contribution < 1.29 is 4.74 Å². The first kappa shape index (κ1) is 10.9. The van der Waals surface area contributed by atoms with Gasteiger partial charge in [-0.05, 0) is 20.0 Å². The molecule has 1 unspecified atom stereocenters. The maximum absolute atomic E-state index is 5.71. The van der Waals surface area contributed by atoms with E-state index in [2.05, 4.69) is 27.2 Å². The number of nitrogens with two attached hydrogens (primary N) is 1. The predicted octanol–water partition coefficient (Wildman–Crippen LogP) is 0.183. The molecule has 0 spiro atoms. The van der Waals surface area contributed by atoms with Gasteiger partial charge in [-0.25, -0.2) is 9.97 Å². The molecule has 1 saturated heterocycles. The lowest BCUT2D eigenvalue weighted by Gasteiger charge is -2.16. The number of hydrogen-bond acceptors (Lipinski definition) is 6. The second-order valence-corrected chi connectivity index (χ2v) is 4.03. The summed E-state index contributed by atoms with van der Waals surface area (Å²) in [6.45, 7) is 2.10. The lowest BCUT2D eigenvalue weighted by Crippen LogP contribution is -2.24. The molecule has 6 heteroatoms. The summed E-state index contributed by atoms with van der Waals surface area (Å²) in [5.41, 5.74) is 5.71. The van der Waals surface area contributed by atoms with Crippen molar-refractivity contribution in [1.82, 2.24) is 14.9 Å². The lowest BCUT2D eigenvalue weighted by molar-refractivity contribution is 0.409. The Morgan fingerprint density at radius 2 is 2.38 bits per heavy atom. The molecule has 1 aliphatic rings. The van der Waals surface area contributed by atoms with Crippen LogP contribution < -0.4 is 15.8 Å². The van der Waals surface area contributed by atoms with Crippen LogP contribution in [0.15, 0.2) is 6.33 Å². The third-order valence-electron chi connectivity index (χ3n) is 2.77. The summed E-state index contributed by atoms with van der Waals surface area (Å²) in [7, 11) is 3.67. The first-order chi connectivity index (χ1) is 7.70. The summed E-state index contributed by atoms with van der Waals surface area (Å²) in [5, 5.41) is 3.33. The van der Waals surface area contributed by atoms with Gasteiger partial charge in [-0.15, -0.1) is 0 Å². The van der Waals surface area contributed by atoms with E-state index < -0.39 is 0 Å². The monoisotopic (exact) mass is 223 g/mol. The maximum atomic E-state index is 5.71. The Bertz CT molecular complexity index is 370. The van der Waals surface area contributed by atoms with Gasteiger partial charge in [0.2, 0.25) is 5.75 Å². The molecule has 1 fully saturated rings. The Morgan fingerprint density at radius 3 is 3.00 bits per heavy atom. The second kappa shape index (κ2) is 4.52. The van der Waals surface area contributed by atoms with Crippen LogP contribution in [0, 0.1) is 0 Å². The molecular formula is C10H17N5O. The fourth-order valence-electron chi connectivity index (χ4n) is 1.94. The van der Waals surface area contributed by atoms with Crippen molar-refractivity contribution in [2.24, 2.45) is 0 Å². The minimum Gasteiger partial charge on any atom is -0.490 e. The average molecular weight is 223 g/mol. The van der Waals surface area contributed by atoms with E-state index in [4.69, 9.17) is 10.5 Å². The molecular weight excluding hydrogens is 206 g/mol. The molecule has 0 saturated carbocycles. The highest BCUT2D eigenvalue weighted by Crippen LogP contribution is 2.27. The molecule has 88 valence electrons. The summed E-state index contributed by atoms with van der Waals surface area (Å²) >= 11 is 0. The molecule has 0 bridgehead atoms. The second-order valence-electron chi connectivity index (χ2n) is 4.03. The summed E-state index contributed by atoms with van der Waals surface area (Å²) in [6.07, 6.45) is 2.54. The normalized spacial score (nSPS) is 21.0. The fourth-order valence-corrected chi connectivity index (χ4v) is 1.94. The van der Waals surface area contributed by atoms with Gasteiger partial charge in [0.15, 0.2) is 11.6 Å². The van der Waals surface area contributed by atoms with E-state index in [1.54, 1.807) is 7.11 Å². The zero-order valence-electron chi connectivity index (χ0n) is 9.60. The Kier molecular flexibility index (Phi) is 3.09. The third-order valence-corrected chi connectivity index (χ3v) is 2.77. The predicted molar refractivity (Wildman–Crippen MR) is 62.5 cm³/mol. The van der Waals surface area contributed by atoms with Gasteiger partial charge in [0.25, 0.3) is 0 Å². The average Bonchev–Trinajstić information content (AvgIpc) is 2.64. The van der Waals surface area contributed by atoms with Crippen LogP contribution in [0.4, 0.5) is 11.6 Å². The van der Waals surface area contributed by atoms with Crippen molar-refractivity contribution >= 4 is 11.6 Å². The number of likely N-dealkylation sites (N-methyl/N-ethyl adjacent to an activating group) is 1. The fraction of sp³-hybridized carbons (Fsp3) is 0.600. The molecule has 0 aliphatic carbocycles. The van der Waals surface area contributed by atoms with Crippen LogP contribution in [0.1, 0.15) is 6.42 Å². The van der Waals surface area contributed by atoms with Crippen molar-refractivity contribution in [3.8, 4) is 5.75 Å². The smallest absolute Gasteiger partial charge is 0.203 e. The van der Waals surface area contributed by atoms with E-state index in [0.29, 0.717) is 23.4 Å². The van der Waals surface area contributed by atoms with E-state index >= 15 is 0 Å². The highest BCUT2D eigenvalue weighted by Gasteiger charge is 2.21. The molecule has 2 rings (SSSR count). The van der Waals surface area contributed by atoms with E-state index in [1.165, 1.54) is 6.33 Å². The van der Waals surface area contributed by atoms with E-state index in [-0.39, 0.29) is 0 Å². The number of methoxy groups -OCH3 is 1. The molecule has 6 nitrogen and oxygen atoms in total. The van der Waals surface area contributed by atoms with Crippen LogP contribution in [0.3, 0.4) is 0 Å². The number of anilines is 2. The molecule has 0 amide bonds. The number of ether oxygens (including phenoxy) is 1. The minimum atomic E-state index is 0.367. The SMILES string of the molecule is COc1c(N)ncnc1NC1CCN(C)C1. The summed E-state index contributed by atoms with van der Waals surface area (Å²) in [6, 6.07) is 0.396. The number of nitrogen functional groups attached to an aromatic ring is 1. The minimum absolute atomic E-state index is 0.367. The molecule has 2 heterocycles. The molecule has 1 aromatic heterocycles. The zero-order chi connectivity index (χ0) is 11.5. The highest BCUT2D eigenvalue weighted by molar-refractivity contribution is 5.61. The van der Waals surface area contributed by atoms with Crippen LogP contribution in [-0.2, 0) is 0 Å². The van der Waals surface area contributed by atoms with Gasteiger partial charge in [-0.1, -0.05) is 0 Å². The van der Waals surface area contributed by atoms with Gasteiger partial charge in [0, 0.05) is 12.6 Å². The number of nitrogens with zero attached hydrogens (tertiary/aromatic N) is 3. The van der Waals surface area contributed by atoms with E-state index in [9.17, 15) is 0 Å².